The van der Waals surface area contributed by atoms with E-state index >= 15 is 0 Å². The normalized spacial score (nSPS) is 22.3. The zero-order valence-corrected chi connectivity index (χ0v) is 9.54. The molecule has 1 aliphatic rings. The third-order valence-electron chi connectivity index (χ3n) is 2.49. The Labute approximate surface area is 103 Å². The highest BCUT2D eigenvalue weighted by atomic mass is 16.5. The summed E-state index contributed by atoms with van der Waals surface area (Å²) in [6.07, 6.45) is -0.648. The van der Waals surface area contributed by atoms with Crippen LogP contribution in [0.3, 0.4) is 0 Å². The number of carbonyl (C=O) groups excluding carboxylic acids is 1. The number of carboxylic acid groups (broad SMARTS) is 2. The van der Waals surface area contributed by atoms with Crippen LogP contribution in [-0.2, 0) is 9.53 Å². The fourth-order valence-corrected chi connectivity index (χ4v) is 1.73. The van der Waals surface area contributed by atoms with E-state index in [1.807, 2.05) is 0 Å². The van der Waals surface area contributed by atoms with Gasteiger partial charge in [-0.15, -0.1) is 0 Å². The van der Waals surface area contributed by atoms with E-state index in [9.17, 15) is 14.4 Å². The highest BCUT2D eigenvalue weighted by Gasteiger charge is 2.40. The Morgan fingerprint density at radius 3 is 2.56 bits per heavy atom. The van der Waals surface area contributed by atoms with Crippen LogP contribution < -0.4 is 5.32 Å². The zero-order chi connectivity index (χ0) is 13.7. The van der Waals surface area contributed by atoms with Gasteiger partial charge in [0.2, 0.25) is 0 Å². The number of ether oxygens (including phenoxy) is 1. The molecule has 18 heavy (non-hydrogen) atoms. The van der Waals surface area contributed by atoms with Crippen molar-refractivity contribution in [3.05, 3.63) is 12.7 Å². The van der Waals surface area contributed by atoms with E-state index in [2.05, 4.69) is 16.6 Å². The molecule has 8 heteroatoms. The van der Waals surface area contributed by atoms with Gasteiger partial charge in [0, 0.05) is 13.0 Å². The van der Waals surface area contributed by atoms with Crippen molar-refractivity contribution in [3.8, 4) is 0 Å². The van der Waals surface area contributed by atoms with Crippen LogP contribution in [0.2, 0.25) is 0 Å². The Bertz CT molecular complexity index is 347. The van der Waals surface area contributed by atoms with Crippen LogP contribution in [0.1, 0.15) is 6.42 Å². The Morgan fingerprint density at radius 2 is 2.11 bits per heavy atom. The summed E-state index contributed by atoms with van der Waals surface area (Å²) in [7, 11) is 0. The first-order chi connectivity index (χ1) is 8.45. The van der Waals surface area contributed by atoms with Crippen molar-refractivity contribution < 1.29 is 29.3 Å². The first-order valence-electron chi connectivity index (χ1n) is 5.22. The van der Waals surface area contributed by atoms with Gasteiger partial charge in [-0.05, 0) is 0 Å². The monoisotopic (exact) mass is 258 g/mol. The minimum absolute atomic E-state index is 0.0187. The van der Waals surface area contributed by atoms with Gasteiger partial charge in [0.25, 0.3) is 0 Å². The van der Waals surface area contributed by atoms with Gasteiger partial charge in [-0.2, -0.15) is 0 Å². The van der Waals surface area contributed by atoms with Gasteiger partial charge in [-0.25, -0.2) is 14.4 Å². The van der Waals surface area contributed by atoms with Crippen LogP contribution in [0.25, 0.3) is 0 Å². The second kappa shape index (κ2) is 5.89. The van der Waals surface area contributed by atoms with Gasteiger partial charge in [0.05, 0.1) is 6.04 Å². The Morgan fingerprint density at radius 1 is 1.44 bits per heavy atom. The van der Waals surface area contributed by atoms with E-state index in [0.29, 0.717) is 0 Å². The lowest BCUT2D eigenvalue weighted by Gasteiger charge is -2.16. The topological polar surface area (TPSA) is 116 Å². The van der Waals surface area contributed by atoms with Crippen LogP contribution in [0.5, 0.6) is 0 Å². The van der Waals surface area contributed by atoms with Crippen LogP contribution in [-0.4, -0.2) is 58.5 Å². The fourth-order valence-electron chi connectivity index (χ4n) is 1.73. The molecule has 2 atom stereocenters. The fraction of sp³-hybridized carbons (Fsp3) is 0.500. The molecule has 1 heterocycles. The predicted molar refractivity (Wildman–Crippen MR) is 59.2 cm³/mol. The molecule has 1 aliphatic heterocycles. The smallest absolute Gasteiger partial charge is 0.408 e. The van der Waals surface area contributed by atoms with Gasteiger partial charge in [-0.1, -0.05) is 12.7 Å². The molecule has 1 fully saturated rings. The highest BCUT2D eigenvalue weighted by molar-refractivity contribution is 5.80. The average molecular weight is 258 g/mol. The second-order valence-corrected chi connectivity index (χ2v) is 3.75. The summed E-state index contributed by atoms with van der Waals surface area (Å²) in [6.45, 7) is 3.32. The van der Waals surface area contributed by atoms with Crippen molar-refractivity contribution >= 4 is 18.2 Å². The lowest BCUT2D eigenvalue weighted by Crippen LogP contribution is -2.40. The molecule has 0 aromatic heterocycles. The lowest BCUT2D eigenvalue weighted by molar-refractivity contribution is -0.141. The summed E-state index contributed by atoms with van der Waals surface area (Å²) < 4.78 is 4.66. The molecule has 0 aromatic carbocycles. The third kappa shape index (κ3) is 3.37. The molecule has 0 bridgehead atoms. The van der Waals surface area contributed by atoms with Crippen LogP contribution in [0, 0.1) is 0 Å². The Kier molecular flexibility index (Phi) is 4.52. The van der Waals surface area contributed by atoms with Gasteiger partial charge in [-0.3, -0.25) is 4.90 Å². The van der Waals surface area contributed by atoms with Crippen LogP contribution >= 0.6 is 0 Å². The number of nitrogens with zero attached hydrogens (tertiary/aromatic N) is 1. The number of nitrogens with one attached hydrogen (secondary N) is 1. The molecule has 2 amide bonds. The maximum absolute atomic E-state index is 11.2. The molecule has 0 aliphatic carbocycles. The van der Waals surface area contributed by atoms with Gasteiger partial charge in [0.1, 0.15) is 12.6 Å². The average Bonchev–Trinajstić information content (AvgIpc) is 2.70. The van der Waals surface area contributed by atoms with Gasteiger partial charge in [0.15, 0.2) is 0 Å². The van der Waals surface area contributed by atoms with Crippen LogP contribution in [0.4, 0.5) is 9.59 Å². The molecule has 0 aromatic rings. The van der Waals surface area contributed by atoms with Crippen LogP contribution in [0.15, 0.2) is 12.7 Å². The van der Waals surface area contributed by atoms with Crippen molar-refractivity contribution in [3.63, 3.8) is 0 Å². The number of carboxylic acids is 1. The first kappa shape index (κ1) is 13.8. The Balaban J connectivity index is 2.55. The Hall–Kier alpha value is -2.25. The number of carbonyl (C=O) groups is 3. The SMILES string of the molecule is C=CCOC(=O)N[C@H]1C[C@@H](C(=O)O)N(C(=O)O)C1. The largest absolute Gasteiger partial charge is 0.480 e. The molecule has 8 nitrogen and oxygen atoms in total. The van der Waals surface area contributed by atoms with Crippen molar-refractivity contribution in [1.82, 2.24) is 10.2 Å². The summed E-state index contributed by atoms with van der Waals surface area (Å²) in [5.41, 5.74) is 0. The summed E-state index contributed by atoms with van der Waals surface area (Å²) in [5, 5.41) is 20.1. The van der Waals surface area contributed by atoms with Crippen molar-refractivity contribution in [2.75, 3.05) is 13.2 Å². The van der Waals surface area contributed by atoms with E-state index in [4.69, 9.17) is 10.2 Å². The zero-order valence-electron chi connectivity index (χ0n) is 9.54. The van der Waals surface area contributed by atoms with E-state index in [1.54, 1.807) is 0 Å². The number of hydrogen-bond donors (Lipinski definition) is 3. The molecule has 1 rings (SSSR count). The summed E-state index contributed by atoms with van der Waals surface area (Å²) in [6, 6.07) is -1.72. The summed E-state index contributed by atoms with van der Waals surface area (Å²) in [4.78, 5) is 33.7. The number of aliphatic carboxylic acids is 1. The lowest BCUT2D eigenvalue weighted by atomic mass is 10.2. The van der Waals surface area contributed by atoms with Gasteiger partial charge < -0.3 is 20.3 Å². The maximum atomic E-state index is 11.2. The molecular weight excluding hydrogens is 244 g/mol. The first-order valence-corrected chi connectivity index (χ1v) is 5.22. The van der Waals surface area contributed by atoms with E-state index in [-0.39, 0.29) is 19.6 Å². The third-order valence-corrected chi connectivity index (χ3v) is 2.49. The molecular formula is C10H14N2O6. The minimum Gasteiger partial charge on any atom is -0.480 e. The van der Waals surface area contributed by atoms with Crippen molar-refractivity contribution in [2.24, 2.45) is 0 Å². The number of amides is 2. The minimum atomic E-state index is -1.33. The molecule has 1 saturated heterocycles. The van der Waals surface area contributed by atoms with E-state index in [1.165, 1.54) is 6.08 Å². The maximum Gasteiger partial charge on any atom is 0.408 e. The molecule has 0 unspecified atom stereocenters. The van der Waals surface area contributed by atoms with E-state index < -0.39 is 30.2 Å². The van der Waals surface area contributed by atoms with Gasteiger partial charge >= 0.3 is 18.2 Å². The number of hydrogen-bond acceptors (Lipinski definition) is 4. The standard InChI is InChI=1S/C10H14N2O6/c1-2-3-18-9(15)11-6-4-7(8(13)14)12(5-6)10(16)17/h2,6-7H,1,3-5H2,(H,11,15)(H,13,14)(H,16,17)/t6-,7-/m0/s1. The molecule has 100 valence electrons. The molecule has 0 radical (unpaired) electrons. The summed E-state index contributed by atoms with van der Waals surface area (Å²) >= 11 is 0. The van der Waals surface area contributed by atoms with Crippen molar-refractivity contribution in [2.45, 2.75) is 18.5 Å². The molecule has 0 spiro atoms. The second-order valence-electron chi connectivity index (χ2n) is 3.75. The predicted octanol–water partition coefficient (Wildman–Crippen LogP) is 0.104. The van der Waals surface area contributed by atoms with E-state index in [0.717, 1.165) is 4.90 Å². The molecule has 0 saturated carbocycles. The van der Waals surface area contributed by atoms with Crippen molar-refractivity contribution in [1.29, 1.82) is 0 Å². The summed E-state index contributed by atoms with van der Waals surface area (Å²) in [5.74, 6) is -1.24. The number of rotatable bonds is 4. The number of alkyl carbamates (subject to hydrolysis) is 1. The quantitative estimate of drug-likeness (QED) is 0.616. The number of likely N-dealkylation sites (tertiary alicyclic amines) is 1. The highest BCUT2D eigenvalue weighted by Crippen LogP contribution is 2.18. The molecule has 3 N–H and O–H groups in total.